The molecule has 0 aliphatic carbocycles. The van der Waals surface area contributed by atoms with Crippen molar-refractivity contribution in [2.45, 2.75) is 38.9 Å². The average Bonchev–Trinajstić information content (AvgIpc) is 2.78. The number of hydrogen-bond donors (Lipinski definition) is 1. The number of hydrogen-bond acceptors (Lipinski definition) is 5. The van der Waals surface area contributed by atoms with Crippen LogP contribution in [-0.2, 0) is 4.74 Å². The largest absolute Gasteiger partial charge is 0.389 e. The van der Waals surface area contributed by atoms with Crippen LogP contribution in [0.5, 0.6) is 0 Å². The van der Waals surface area contributed by atoms with Crippen LogP contribution >= 0.6 is 0 Å². The molecule has 1 unspecified atom stereocenters. The van der Waals surface area contributed by atoms with E-state index < -0.39 is 6.10 Å². The van der Waals surface area contributed by atoms with Crippen molar-refractivity contribution in [3.8, 4) is 6.07 Å². The zero-order valence-corrected chi connectivity index (χ0v) is 15.0. The second-order valence-electron chi connectivity index (χ2n) is 7.35. The van der Waals surface area contributed by atoms with Gasteiger partial charge >= 0.3 is 0 Å². The molecule has 5 heteroatoms. The predicted molar refractivity (Wildman–Crippen MR) is 96.1 cm³/mol. The first-order valence-corrected chi connectivity index (χ1v) is 8.67. The van der Waals surface area contributed by atoms with Gasteiger partial charge in [-0.05, 0) is 45.9 Å². The number of nitriles is 1. The summed E-state index contributed by atoms with van der Waals surface area (Å²) in [6.45, 7) is 10.6. The summed E-state index contributed by atoms with van der Waals surface area (Å²) in [7, 11) is 0. The zero-order chi connectivity index (χ0) is 17.6. The van der Waals surface area contributed by atoms with Crippen molar-refractivity contribution in [1.82, 2.24) is 4.90 Å². The van der Waals surface area contributed by atoms with Crippen LogP contribution in [0.1, 0.15) is 32.8 Å². The van der Waals surface area contributed by atoms with Crippen LogP contribution in [0.25, 0.3) is 0 Å². The lowest BCUT2D eigenvalue weighted by Crippen LogP contribution is -2.39. The van der Waals surface area contributed by atoms with Crippen molar-refractivity contribution in [1.29, 1.82) is 5.26 Å². The minimum absolute atomic E-state index is 0.225. The fourth-order valence-electron chi connectivity index (χ4n) is 2.94. The zero-order valence-electron chi connectivity index (χ0n) is 15.0. The van der Waals surface area contributed by atoms with Gasteiger partial charge in [0, 0.05) is 26.2 Å². The standard InChI is InChI=1S/C19H29N3O2/c1-19(2,3)24-15-17(23)14-21-9-6-10-22(12-11-21)18-8-5-4-7-16(18)13-20/h4-5,7-8,17,23H,6,9-12,14-15H2,1-3H3. The Labute approximate surface area is 145 Å². The number of nitrogens with zero attached hydrogens (tertiary/aromatic N) is 3. The second kappa shape index (κ2) is 8.48. The van der Waals surface area contributed by atoms with Crippen LogP contribution in [0.2, 0.25) is 0 Å². The number of anilines is 1. The second-order valence-corrected chi connectivity index (χ2v) is 7.35. The van der Waals surface area contributed by atoms with Gasteiger partial charge in [0.05, 0.1) is 29.6 Å². The molecule has 1 atom stereocenters. The third kappa shape index (κ3) is 5.79. The summed E-state index contributed by atoms with van der Waals surface area (Å²) in [6.07, 6.45) is 0.550. The van der Waals surface area contributed by atoms with Crippen molar-refractivity contribution < 1.29 is 9.84 Å². The molecule has 0 spiro atoms. The summed E-state index contributed by atoms with van der Waals surface area (Å²) in [5.41, 5.74) is 1.51. The van der Waals surface area contributed by atoms with Crippen molar-refractivity contribution in [3.05, 3.63) is 29.8 Å². The highest BCUT2D eigenvalue weighted by Gasteiger charge is 2.20. The van der Waals surface area contributed by atoms with Crippen LogP contribution in [-0.4, -0.2) is 61.0 Å². The first-order valence-electron chi connectivity index (χ1n) is 8.67. The Morgan fingerprint density at radius 3 is 2.67 bits per heavy atom. The van der Waals surface area contributed by atoms with Crippen molar-refractivity contribution in [2.75, 3.05) is 44.2 Å². The van der Waals surface area contributed by atoms with E-state index in [2.05, 4.69) is 15.9 Å². The number of β-amino-alcohol motifs (C(OH)–C–C–N with tert-alkyl or cyclic N) is 1. The lowest BCUT2D eigenvalue weighted by molar-refractivity contribution is -0.0557. The monoisotopic (exact) mass is 331 g/mol. The highest BCUT2D eigenvalue weighted by Crippen LogP contribution is 2.21. The number of rotatable bonds is 5. The molecule has 1 aliphatic rings. The maximum Gasteiger partial charge on any atom is 0.101 e. The summed E-state index contributed by atoms with van der Waals surface area (Å²) in [4.78, 5) is 4.56. The SMILES string of the molecule is CC(C)(C)OCC(O)CN1CCCN(c2ccccc2C#N)CC1. The molecule has 1 N–H and O–H groups in total. The van der Waals surface area contributed by atoms with Gasteiger partial charge in [-0.1, -0.05) is 12.1 Å². The van der Waals surface area contributed by atoms with E-state index in [-0.39, 0.29) is 5.60 Å². The molecule has 1 aliphatic heterocycles. The molecule has 1 aromatic rings. The number of benzene rings is 1. The molecule has 5 nitrogen and oxygen atoms in total. The molecule has 1 fully saturated rings. The van der Waals surface area contributed by atoms with E-state index in [1.54, 1.807) is 0 Å². The van der Waals surface area contributed by atoms with E-state index >= 15 is 0 Å². The first kappa shape index (κ1) is 18.7. The topological polar surface area (TPSA) is 59.7 Å². The molecule has 1 aromatic carbocycles. The van der Waals surface area contributed by atoms with Crippen molar-refractivity contribution in [3.63, 3.8) is 0 Å². The Bertz CT molecular complexity index is 562. The summed E-state index contributed by atoms with van der Waals surface area (Å²) in [5, 5.41) is 19.5. The number of ether oxygens (including phenoxy) is 1. The minimum Gasteiger partial charge on any atom is -0.389 e. The summed E-state index contributed by atoms with van der Waals surface area (Å²) < 4.78 is 5.66. The van der Waals surface area contributed by atoms with Gasteiger partial charge in [-0.3, -0.25) is 4.90 Å². The molecule has 0 bridgehead atoms. The van der Waals surface area contributed by atoms with Gasteiger partial charge in [-0.15, -0.1) is 0 Å². The van der Waals surface area contributed by atoms with E-state index in [9.17, 15) is 10.4 Å². The molecular formula is C19H29N3O2. The van der Waals surface area contributed by atoms with Crippen LogP contribution in [0.3, 0.4) is 0 Å². The Hall–Kier alpha value is -1.61. The molecule has 1 saturated heterocycles. The summed E-state index contributed by atoms with van der Waals surface area (Å²) >= 11 is 0. The molecule has 0 amide bonds. The molecule has 132 valence electrons. The van der Waals surface area contributed by atoms with Crippen LogP contribution in [0, 0.1) is 11.3 Å². The molecule has 0 saturated carbocycles. The predicted octanol–water partition coefficient (Wildman–Crippen LogP) is 2.25. The van der Waals surface area contributed by atoms with Gasteiger partial charge in [0.25, 0.3) is 0 Å². The molecule has 0 aromatic heterocycles. The van der Waals surface area contributed by atoms with E-state index in [0.717, 1.165) is 43.9 Å². The highest BCUT2D eigenvalue weighted by molar-refractivity contribution is 5.59. The fraction of sp³-hybridized carbons (Fsp3) is 0.632. The Kier molecular flexibility index (Phi) is 6.61. The number of para-hydroxylation sites is 1. The minimum atomic E-state index is -0.470. The lowest BCUT2D eigenvalue weighted by atomic mass is 10.1. The van der Waals surface area contributed by atoms with E-state index in [4.69, 9.17) is 4.74 Å². The lowest BCUT2D eigenvalue weighted by Gasteiger charge is -2.27. The quantitative estimate of drug-likeness (QED) is 0.897. The number of aliphatic hydroxyl groups is 1. The molecular weight excluding hydrogens is 302 g/mol. The van der Waals surface area contributed by atoms with Crippen LogP contribution in [0.15, 0.2) is 24.3 Å². The van der Waals surface area contributed by atoms with E-state index in [1.165, 1.54) is 0 Å². The average molecular weight is 331 g/mol. The normalized spacial score (nSPS) is 18.0. The van der Waals surface area contributed by atoms with Crippen LogP contribution < -0.4 is 4.90 Å². The molecule has 2 rings (SSSR count). The fourth-order valence-corrected chi connectivity index (χ4v) is 2.94. The smallest absolute Gasteiger partial charge is 0.101 e. The summed E-state index contributed by atoms with van der Waals surface area (Å²) in [6, 6.07) is 10.0. The Balaban J connectivity index is 1.88. The van der Waals surface area contributed by atoms with Gasteiger partial charge in [0.2, 0.25) is 0 Å². The maximum absolute atomic E-state index is 10.2. The van der Waals surface area contributed by atoms with Gasteiger partial charge < -0.3 is 14.7 Å². The van der Waals surface area contributed by atoms with Gasteiger partial charge in [-0.25, -0.2) is 0 Å². The van der Waals surface area contributed by atoms with Gasteiger partial charge in [0.15, 0.2) is 0 Å². The van der Waals surface area contributed by atoms with Crippen molar-refractivity contribution in [2.24, 2.45) is 0 Å². The van der Waals surface area contributed by atoms with Gasteiger partial charge in [-0.2, -0.15) is 5.26 Å². The van der Waals surface area contributed by atoms with Crippen LogP contribution in [0.4, 0.5) is 5.69 Å². The third-order valence-corrected chi connectivity index (χ3v) is 4.13. The molecule has 1 heterocycles. The maximum atomic E-state index is 10.2. The third-order valence-electron chi connectivity index (χ3n) is 4.13. The Morgan fingerprint density at radius 1 is 1.21 bits per heavy atom. The first-order chi connectivity index (χ1) is 11.4. The molecule has 24 heavy (non-hydrogen) atoms. The Morgan fingerprint density at radius 2 is 1.96 bits per heavy atom. The van der Waals surface area contributed by atoms with Gasteiger partial charge in [0.1, 0.15) is 6.07 Å². The summed E-state index contributed by atoms with van der Waals surface area (Å²) in [5.74, 6) is 0. The highest BCUT2D eigenvalue weighted by atomic mass is 16.5. The molecule has 0 radical (unpaired) electrons. The van der Waals surface area contributed by atoms with Crippen molar-refractivity contribution >= 4 is 5.69 Å². The number of aliphatic hydroxyl groups excluding tert-OH is 1. The van der Waals surface area contributed by atoms with E-state index in [0.29, 0.717) is 13.2 Å². The van der Waals surface area contributed by atoms with E-state index in [1.807, 2.05) is 45.0 Å².